The smallest absolute Gasteiger partial charge is 0.0393 e. The third-order valence-electron chi connectivity index (χ3n) is 4.03. The van der Waals surface area contributed by atoms with Crippen molar-refractivity contribution in [2.45, 2.75) is 20.8 Å². The Morgan fingerprint density at radius 2 is 1.95 bits per heavy atom. The fourth-order valence-corrected chi connectivity index (χ4v) is 2.74. The summed E-state index contributed by atoms with van der Waals surface area (Å²) >= 11 is 0. The quantitative estimate of drug-likeness (QED) is 0.862. The Morgan fingerprint density at radius 1 is 1.25 bits per heavy atom. The van der Waals surface area contributed by atoms with Gasteiger partial charge in [-0.25, -0.2) is 0 Å². The van der Waals surface area contributed by atoms with Gasteiger partial charge >= 0.3 is 0 Å². The van der Waals surface area contributed by atoms with E-state index < -0.39 is 0 Å². The largest absolute Gasteiger partial charge is 0.385 e. The lowest BCUT2D eigenvalue weighted by Gasteiger charge is -2.35. The summed E-state index contributed by atoms with van der Waals surface area (Å²) in [6, 6.07) is 4.15. The van der Waals surface area contributed by atoms with Crippen molar-refractivity contribution in [2.24, 2.45) is 5.92 Å². The van der Waals surface area contributed by atoms with Crippen LogP contribution in [0.4, 0.5) is 5.69 Å². The Hall–Kier alpha value is -1.13. The molecule has 0 amide bonds. The molecule has 0 aliphatic carbocycles. The number of piperazine rings is 1. The van der Waals surface area contributed by atoms with Crippen molar-refractivity contribution in [3.05, 3.63) is 24.0 Å². The van der Waals surface area contributed by atoms with Crippen LogP contribution in [0, 0.1) is 12.8 Å². The van der Waals surface area contributed by atoms with Gasteiger partial charge in [0, 0.05) is 56.8 Å². The number of likely N-dealkylation sites (N-methyl/N-ethyl adjacent to an activating group) is 1. The van der Waals surface area contributed by atoms with Crippen molar-refractivity contribution in [3.8, 4) is 0 Å². The molecule has 1 atom stereocenters. The molecular formula is C16H28N4. The molecule has 0 aromatic carbocycles. The highest BCUT2D eigenvalue weighted by molar-refractivity contribution is 5.42. The van der Waals surface area contributed by atoms with Crippen LogP contribution in [0.1, 0.15) is 19.5 Å². The molecule has 1 aliphatic heterocycles. The molecule has 2 rings (SSSR count). The summed E-state index contributed by atoms with van der Waals surface area (Å²) in [5, 5.41) is 3.52. The van der Waals surface area contributed by atoms with Crippen molar-refractivity contribution < 1.29 is 0 Å². The number of aryl methyl sites for hydroxylation is 1. The lowest BCUT2D eigenvalue weighted by Crippen LogP contribution is -2.47. The number of rotatable bonds is 6. The average molecular weight is 276 g/mol. The van der Waals surface area contributed by atoms with Crippen molar-refractivity contribution >= 4 is 5.69 Å². The van der Waals surface area contributed by atoms with Crippen molar-refractivity contribution in [1.82, 2.24) is 14.8 Å². The fraction of sp³-hybridized carbons (Fsp3) is 0.688. The predicted molar refractivity (Wildman–Crippen MR) is 85.2 cm³/mol. The first-order valence-electron chi connectivity index (χ1n) is 7.78. The van der Waals surface area contributed by atoms with E-state index in [1.54, 1.807) is 0 Å². The zero-order valence-electron chi connectivity index (χ0n) is 13.1. The van der Waals surface area contributed by atoms with Crippen LogP contribution in [0.25, 0.3) is 0 Å². The van der Waals surface area contributed by atoms with Gasteiger partial charge < -0.3 is 15.1 Å². The molecule has 0 radical (unpaired) electrons. The zero-order chi connectivity index (χ0) is 14.4. The highest BCUT2D eigenvalue weighted by atomic mass is 15.3. The average Bonchev–Trinajstić information content (AvgIpc) is 2.46. The molecule has 4 heteroatoms. The standard InChI is InChI=1S/C16H28N4/c1-4-19-7-9-20(10-8-19)13-14(2)12-18-16-5-6-17-15(3)11-16/h5-6,11,14H,4,7-10,12-13H2,1-3H3,(H,17,18). The second-order valence-corrected chi connectivity index (χ2v) is 5.91. The van der Waals surface area contributed by atoms with Gasteiger partial charge in [0.25, 0.3) is 0 Å². The van der Waals surface area contributed by atoms with Crippen LogP contribution in [0.2, 0.25) is 0 Å². The van der Waals surface area contributed by atoms with Crippen LogP contribution in [-0.2, 0) is 0 Å². The summed E-state index contributed by atoms with van der Waals surface area (Å²) in [5.74, 6) is 0.664. The molecule has 20 heavy (non-hydrogen) atoms. The number of aromatic nitrogens is 1. The lowest BCUT2D eigenvalue weighted by molar-refractivity contribution is 0.126. The Labute approximate surface area is 123 Å². The van der Waals surface area contributed by atoms with Gasteiger partial charge in [-0.1, -0.05) is 13.8 Å². The Bertz CT molecular complexity index is 399. The van der Waals surface area contributed by atoms with Gasteiger partial charge in [-0.3, -0.25) is 4.98 Å². The number of nitrogens with zero attached hydrogens (tertiary/aromatic N) is 3. The van der Waals surface area contributed by atoms with E-state index in [9.17, 15) is 0 Å². The summed E-state index contributed by atoms with van der Waals surface area (Å²) in [7, 11) is 0. The molecule has 1 saturated heterocycles. The molecular weight excluding hydrogens is 248 g/mol. The summed E-state index contributed by atoms with van der Waals surface area (Å²) in [6.45, 7) is 14.9. The first kappa shape index (κ1) is 15.3. The van der Waals surface area contributed by atoms with Crippen LogP contribution in [0.3, 0.4) is 0 Å². The van der Waals surface area contributed by atoms with Gasteiger partial charge in [-0.15, -0.1) is 0 Å². The van der Waals surface area contributed by atoms with Crippen LogP contribution >= 0.6 is 0 Å². The van der Waals surface area contributed by atoms with Gasteiger partial charge in [-0.2, -0.15) is 0 Å². The Morgan fingerprint density at radius 3 is 2.60 bits per heavy atom. The number of pyridine rings is 1. The summed E-state index contributed by atoms with van der Waals surface area (Å²) < 4.78 is 0. The number of nitrogens with one attached hydrogen (secondary N) is 1. The zero-order valence-corrected chi connectivity index (χ0v) is 13.1. The topological polar surface area (TPSA) is 31.4 Å². The van der Waals surface area contributed by atoms with Gasteiger partial charge in [0.15, 0.2) is 0 Å². The van der Waals surface area contributed by atoms with E-state index in [0.29, 0.717) is 5.92 Å². The van der Waals surface area contributed by atoms with Crippen molar-refractivity contribution in [1.29, 1.82) is 0 Å². The molecule has 1 fully saturated rings. The minimum absolute atomic E-state index is 0.664. The Balaban J connectivity index is 1.69. The minimum atomic E-state index is 0.664. The van der Waals surface area contributed by atoms with Gasteiger partial charge in [0.2, 0.25) is 0 Å². The van der Waals surface area contributed by atoms with E-state index in [-0.39, 0.29) is 0 Å². The van der Waals surface area contributed by atoms with Crippen LogP contribution in [0.5, 0.6) is 0 Å². The third kappa shape index (κ3) is 4.76. The van der Waals surface area contributed by atoms with E-state index in [0.717, 1.165) is 12.2 Å². The highest BCUT2D eigenvalue weighted by Gasteiger charge is 2.17. The number of hydrogen-bond acceptors (Lipinski definition) is 4. The Kier molecular flexibility index (Phi) is 5.80. The molecule has 1 aromatic heterocycles. The van der Waals surface area contributed by atoms with Gasteiger partial charge in [0.1, 0.15) is 0 Å². The number of anilines is 1. The van der Waals surface area contributed by atoms with E-state index in [1.165, 1.54) is 45.0 Å². The summed E-state index contributed by atoms with van der Waals surface area (Å²) in [5.41, 5.74) is 2.25. The lowest BCUT2D eigenvalue weighted by atomic mass is 10.1. The molecule has 0 spiro atoms. The van der Waals surface area contributed by atoms with Crippen molar-refractivity contribution in [2.75, 3.05) is 51.1 Å². The second-order valence-electron chi connectivity index (χ2n) is 5.91. The second kappa shape index (κ2) is 7.60. The first-order chi connectivity index (χ1) is 9.67. The monoisotopic (exact) mass is 276 g/mol. The predicted octanol–water partition coefficient (Wildman–Crippen LogP) is 2.08. The maximum Gasteiger partial charge on any atom is 0.0393 e. The van der Waals surface area contributed by atoms with Crippen LogP contribution < -0.4 is 5.32 Å². The van der Waals surface area contributed by atoms with E-state index >= 15 is 0 Å². The minimum Gasteiger partial charge on any atom is -0.385 e. The van der Waals surface area contributed by atoms with E-state index in [2.05, 4.69) is 40.0 Å². The number of hydrogen-bond donors (Lipinski definition) is 1. The molecule has 1 unspecified atom stereocenters. The summed E-state index contributed by atoms with van der Waals surface area (Å²) in [4.78, 5) is 9.34. The van der Waals surface area contributed by atoms with Gasteiger partial charge in [0.05, 0.1) is 0 Å². The molecule has 4 nitrogen and oxygen atoms in total. The molecule has 2 heterocycles. The van der Waals surface area contributed by atoms with E-state index in [1.807, 2.05) is 19.2 Å². The third-order valence-corrected chi connectivity index (χ3v) is 4.03. The van der Waals surface area contributed by atoms with Crippen molar-refractivity contribution in [3.63, 3.8) is 0 Å². The maximum absolute atomic E-state index is 4.22. The normalized spacial score (nSPS) is 18.9. The van der Waals surface area contributed by atoms with Gasteiger partial charge in [-0.05, 0) is 31.5 Å². The fourth-order valence-electron chi connectivity index (χ4n) is 2.74. The van der Waals surface area contributed by atoms with Crippen LogP contribution in [0.15, 0.2) is 18.3 Å². The van der Waals surface area contributed by atoms with Crippen LogP contribution in [-0.4, -0.2) is 60.6 Å². The maximum atomic E-state index is 4.22. The first-order valence-corrected chi connectivity index (χ1v) is 7.78. The molecule has 112 valence electrons. The highest BCUT2D eigenvalue weighted by Crippen LogP contribution is 2.10. The molecule has 1 aromatic rings. The molecule has 1 aliphatic rings. The SMILES string of the molecule is CCN1CCN(CC(C)CNc2ccnc(C)c2)CC1. The summed E-state index contributed by atoms with van der Waals surface area (Å²) in [6.07, 6.45) is 1.87. The molecule has 0 bridgehead atoms. The molecule has 1 N–H and O–H groups in total. The molecule has 0 saturated carbocycles. The van der Waals surface area contributed by atoms with E-state index in [4.69, 9.17) is 0 Å².